The number of hydrogen-bond acceptors (Lipinski definition) is 3. The zero-order chi connectivity index (χ0) is 13.4. The maximum absolute atomic E-state index is 5.73. The first-order chi connectivity index (χ1) is 8.63. The lowest BCUT2D eigenvalue weighted by atomic mass is 10.1. The molecule has 1 atom stereocenters. The Morgan fingerprint density at radius 1 is 1.22 bits per heavy atom. The number of rotatable bonds is 8. The largest absolute Gasteiger partial charge is 0.493 e. The van der Waals surface area contributed by atoms with Gasteiger partial charge in [0, 0.05) is 19.7 Å². The first kappa shape index (κ1) is 15.0. The van der Waals surface area contributed by atoms with Crippen molar-refractivity contribution in [2.75, 3.05) is 26.9 Å². The molecule has 0 aliphatic carbocycles. The highest BCUT2D eigenvalue weighted by atomic mass is 16.5. The van der Waals surface area contributed by atoms with Crippen molar-refractivity contribution in [3.05, 3.63) is 29.8 Å². The number of nitrogens with one attached hydrogen (secondary N) is 1. The Hall–Kier alpha value is -1.06. The Morgan fingerprint density at radius 3 is 2.67 bits per heavy atom. The van der Waals surface area contributed by atoms with E-state index < -0.39 is 0 Å². The fraction of sp³-hybridized carbons (Fsp3) is 0.600. The molecule has 0 aromatic heterocycles. The summed E-state index contributed by atoms with van der Waals surface area (Å²) < 4.78 is 10.8. The van der Waals surface area contributed by atoms with E-state index in [2.05, 4.69) is 38.2 Å². The van der Waals surface area contributed by atoms with Gasteiger partial charge >= 0.3 is 0 Å². The summed E-state index contributed by atoms with van der Waals surface area (Å²) in [6.45, 7) is 8.80. The average molecular weight is 251 g/mol. The normalized spacial score (nSPS) is 12.7. The molecule has 18 heavy (non-hydrogen) atoms. The highest BCUT2D eigenvalue weighted by molar-refractivity contribution is 5.30. The van der Waals surface area contributed by atoms with Gasteiger partial charge in [0.2, 0.25) is 0 Å². The molecule has 3 nitrogen and oxygen atoms in total. The van der Waals surface area contributed by atoms with Gasteiger partial charge in [-0.1, -0.05) is 26.0 Å². The molecule has 0 heterocycles. The third-order valence-electron chi connectivity index (χ3n) is 2.70. The Morgan fingerprint density at radius 2 is 2.00 bits per heavy atom. The van der Waals surface area contributed by atoms with Crippen LogP contribution >= 0.6 is 0 Å². The summed E-state index contributed by atoms with van der Waals surface area (Å²) in [5.74, 6) is 1.49. The molecular formula is C15H25NO2. The second kappa shape index (κ2) is 8.11. The van der Waals surface area contributed by atoms with E-state index in [1.165, 1.54) is 5.56 Å². The summed E-state index contributed by atoms with van der Waals surface area (Å²) in [7, 11) is 1.72. The molecule has 102 valence electrons. The van der Waals surface area contributed by atoms with Gasteiger partial charge in [0.15, 0.2) is 0 Å². The van der Waals surface area contributed by atoms with Crippen LogP contribution in [0.4, 0.5) is 0 Å². The Balaban J connectivity index is 2.52. The van der Waals surface area contributed by atoms with Crippen molar-refractivity contribution in [2.24, 2.45) is 5.92 Å². The molecule has 1 aromatic carbocycles. The van der Waals surface area contributed by atoms with Crippen LogP contribution in [0.1, 0.15) is 32.4 Å². The second-order valence-electron chi connectivity index (χ2n) is 4.95. The van der Waals surface area contributed by atoms with Crippen LogP contribution in [0.3, 0.4) is 0 Å². The summed E-state index contributed by atoms with van der Waals surface area (Å²) in [4.78, 5) is 0. The third-order valence-corrected chi connectivity index (χ3v) is 2.70. The average Bonchev–Trinajstić information content (AvgIpc) is 2.37. The summed E-state index contributed by atoms with van der Waals surface area (Å²) in [6.07, 6.45) is 0. The molecule has 0 amide bonds. The van der Waals surface area contributed by atoms with Crippen LogP contribution in [0.15, 0.2) is 24.3 Å². The molecule has 0 saturated heterocycles. The summed E-state index contributed by atoms with van der Waals surface area (Å²) in [5.41, 5.74) is 1.24. The number of ether oxygens (including phenoxy) is 2. The molecule has 0 unspecified atom stereocenters. The highest BCUT2D eigenvalue weighted by Crippen LogP contribution is 2.19. The monoisotopic (exact) mass is 251 g/mol. The minimum absolute atomic E-state index is 0.308. The van der Waals surface area contributed by atoms with Crippen molar-refractivity contribution < 1.29 is 9.47 Å². The van der Waals surface area contributed by atoms with E-state index >= 15 is 0 Å². The predicted octanol–water partition coefficient (Wildman–Crippen LogP) is 3.02. The van der Waals surface area contributed by atoms with Gasteiger partial charge in [0.05, 0.1) is 13.2 Å². The fourth-order valence-electron chi connectivity index (χ4n) is 1.63. The smallest absolute Gasteiger partial charge is 0.119 e. The summed E-state index contributed by atoms with van der Waals surface area (Å²) in [5, 5.41) is 3.41. The van der Waals surface area contributed by atoms with Crippen molar-refractivity contribution in [2.45, 2.75) is 26.8 Å². The third kappa shape index (κ3) is 5.52. The quantitative estimate of drug-likeness (QED) is 0.720. The highest BCUT2D eigenvalue weighted by Gasteiger charge is 2.06. The molecule has 0 spiro atoms. The van der Waals surface area contributed by atoms with Crippen LogP contribution < -0.4 is 10.1 Å². The maximum Gasteiger partial charge on any atom is 0.119 e. The minimum Gasteiger partial charge on any atom is -0.493 e. The zero-order valence-electron chi connectivity index (χ0n) is 11.9. The predicted molar refractivity (Wildman–Crippen MR) is 75.1 cm³/mol. The number of methoxy groups -OCH3 is 1. The van der Waals surface area contributed by atoms with E-state index in [1.54, 1.807) is 7.11 Å². The van der Waals surface area contributed by atoms with E-state index in [-0.39, 0.29) is 0 Å². The van der Waals surface area contributed by atoms with Crippen molar-refractivity contribution in [1.82, 2.24) is 5.32 Å². The van der Waals surface area contributed by atoms with Crippen molar-refractivity contribution in [3.63, 3.8) is 0 Å². The van der Waals surface area contributed by atoms with Crippen molar-refractivity contribution in [3.8, 4) is 5.75 Å². The topological polar surface area (TPSA) is 30.5 Å². The van der Waals surface area contributed by atoms with Gasteiger partial charge in [0.25, 0.3) is 0 Å². The van der Waals surface area contributed by atoms with Gasteiger partial charge in [-0.3, -0.25) is 0 Å². The molecule has 1 rings (SSSR count). The van der Waals surface area contributed by atoms with Gasteiger partial charge in [-0.05, 0) is 30.5 Å². The van der Waals surface area contributed by atoms with E-state index in [4.69, 9.17) is 9.47 Å². The molecule has 0 radical (unpaired) electrons. The summed E-state index contributed by atoms with van der Waals surface area (Å²) in [6, 6.07) is 8.58. The van der Waals surface area contributed by atoms with Gasteiger partial charge < -0.3 is 14.8 Å². The van der Waals surface area contributed by atoms with Gasteiger partial charge in [-0.15, -0.1) is 0 Å². The lowest BCUT2D eigenvalue weighted by molar-refractivity contribution is 0.196. The van der Waals surface area contributed by atoms with E-state index in [1.807, 2.05) is 12.1 Å². The van der Waals surface area contributed by atoms with Crippen LogP contribution in [-0.4, -0.2) is 26.9 Å². The van der Waals surface area contributed by atoms with Crippen LogP contribution in [0.2, 0.25) is 0 Å². The Kier molecular flexibility index (Phi) is 6.76. The molecule has 0 aliphatic heterocycles. The lowest BCUT2D eigenvalue weighted by Gasteiger charge is -2.15. The number of benzene rings is 1. The standard InChI is InChI=1S/C15H25NO2/c1-12(2)11-18-15-7-5-6-14(10-15)13(3)16-8-9-17-4/h5-7,10,12-13,16H,8-9,11H2,1-4H3/t13-/m0/s1. The van der Waals surface area contributed by atoms with E-state index in [9.17, 15) is 0 Å². The molecule has 0 bridgehead atoms. The minimum atomic E-state index is 0.308. The van der Waals surface area contributed by atoms with E-state index in [0.717, 1.165) is 25.5 Å². The zero-order valence-corrected chi connectivity index (χ0v) is 11.9. The first-order valence-electron chi connectivity index (χ1n) is 6.58. The van der Waals surface area contributed by atoms with E-state index in [0.29, 0.717) is 12.0 Å². The molecule has 0 saturated carbocycles. The van der Waals surface area contributed by atoms with Gasteiger partial charge in [0.1, 0.15) is 5.75 Å². The molecule has 1 aromatic rings. The van der Waals surface area contributed by atoms with Crippen molar-refractivity contribution >= 4 is 0 Å². The van der Waals surface area contributed by atoms with Crippen LogP contribution in [0.25, 0.3) is 0 Å². The second-order valence-corrected chi connectivity index (χ2v) is 4.95. The molecule has 3 heteroatoms. The Bertz CT molecular complexity index is 339. The first-order valence-corrected chi connectivity index (χ1v) is 6.58. The molecular weight excluding hydrogens is 226 g/mol. The Labute approximate surface area is 110 Å². The lowest BCUT2D eigenvalue weighted by Crippen LogP contribution is -2.22. The van der Waals surface area contributed by atoms with Crippen LogP contribution in [-0.2, 0) is 4.74 Å². The maximum atomic E-state index is 5.73. The summed E-state index contributed by atoms with van der Waals surface area (Å²) >= 11 is 0. The SMILES string of the molecule is COCCN[C@@H](C)c1cccc(OCC(C)C)c1. The number of hydrogen-bond donors (Lipinski definition) is 1. The van der Waals surface area contributed by atoms with Crippen LogP contribution in [0.5, 0.6) is 5.75 Å². The molecule has 0 fully saturated rings. The van der Waals surface area contributed by atoms with Crippen LogP contribution in [0, 0.1) is 5.92 Å². The molecule has 0 aliphatic rings. The van der Waals surface area contributed by atoms with Gasteiger partial charge in [-0.25, -0.2) is 0 Å². The fourth-order valence-corrected chi connectivity index (χ4v) is 1.63. The van der Waals surface area contributed by atoms with Crippen molar-refractivity contribution in [1.29, 1.82) is 0 Å². The van der Waals surface area contributed by atoms with Gasteiger partial charge in [-0.2, -0.15) is 0 Å². The molecule has 1 N–H and O–H groups in total.